The zero-order valence-electron chi connectivity index (χ0n) is 10.4. The molecule has 0 bridgehead atoms. The molecule has 0 radical (unpaired) electrons. The van der Waals surface area contributed by atoms with E-state index in [4.69, 9.17) is 5.73 Å². The highest BCUT2D eigenvalue weighted by Crippen LogP contribution is 2.06. The number of nitrogens with zero attached hydrogens (tertiary/aromatic N) is 1. The third kappa shape index (κ3) is 5.29. The van der Waals surface area contributed by atoms with E-state index < -0.39 is 0 Å². The van der Waals surface area contributed by atoms with Crippen LogP contribution in [0.3, 0.4) is 0 Å². The Morgan fingerprint density at radius 2 is 1.81 bits per heavy atom. The molecule has 0 fully saturated rings. The second kappa shape index (κ2) is 8.31. The first-order valence-electron chi connectivity index (χ1n) is 6.33. The van der Waals surface area contributed by atoms with Crippen LogP contribution in [-0.2, 0) is 6.54 Å². The Hall–Kier alpha value is -0.860. The van der Waals surface area contributed by atoms with Gasteiger partial charge in [0, 0.05) is 6.54 Å². The predicted octanol–water partition coefficient (Wildman–Crippen LogP) is 2.64. The van der Waals surface area contributed by atoms with Gasteiger partial charge in [-0.25, -0.2) is 0 Å². The van der Waals surface area contributed by atoms with Gasteiger partial charge >= 0.3 is 0 Å². The van der Waals surface area contributed by atoms with Crippen molar-refractivity contribution >= 4 is 0 Å². The molecule has 0 spiro atoms. The van der Waals surface area contributed by atoms with Crippen LogP contribution in [0.1, 0.15) is 31.7 Å². The van der Waals surface area contributed by atoms with Crippen molar-refractivity contribution < 1.29 is 0 Å². The minimum Gasteiger partial charge on any atom is -0.330 e. The van der Waals surface area contributed by atoms with Crippen LogP contribution in [0, 0.1) is 0 Å². The van der Waals surface area contributed by atoms with Crippen molar-refractivity contribution in [2.45, 2.75) is 32.7 Å². The van der Waals surface area contributed by atoms with Crippen molar-refractivity contribution in [1.29, 1.82) is 0 Å². The van der Waals surface area contributed by atoms with Crippen molar-refractivity contribution in [3.63, 3.8) is 0 Å². The molecule has 2 nitrogen and oxygen atoms in total. The van der Waals surface area contributed by atoms with Crippen LogP contribution in [0.5, 0.6) is 0 Å². The van der Waals surface area contributed by atoms with E-state index in [2.05, 4.69) is 42.2 Å². The second-order valence-electron chi connectivity index (χ2n) is 4.20. The van der Waals surface area contributed by atoms with E-state index in [0.29, 0.717) is 0 Å². The van der Waals surface area contributed by atoms with Crippen LogP contribution in [0.2, 0.25) is 0 Å². The molecule has 16 heavy (non-hydrogen) atoms. The first-order chi connectivity index (χ1) is 7.86. The zero-order valence-corrected chi connectivity index (χ0v) is 10.4. The van der Waals surface area contributed by atoms with E-state index >= 15 is 0 Å². The zero-order chi connectivity index (χ0) is 11.6. The van der Waals surface area contributed by atoms with Gasteiger partial charge in [-0.15, -0.1) is 0 Å². The van der Waals surface area contributed by atoms with Gasteiger partial charge in [-0.1, -0.05) is 43.7 Å². The summed E-state index contributed by atoms with van der Waals surface area (Å²) in [6, 6.07) is 10.7. The molecule has 0 aromatic heterocycles. The van der Waals surface area contributed by atoms with Gasteiger partial charge in [-0.2, -0.15) is 0 Å². The van der Waals surface area contributed by atoms with Gasteiger partial charge in [0.05, 0.1) is 0 Å². The quantitative estimate of drug-likeness (QED) is 0.682. The lowest BCUT2D eigenvalue weighted by Crippen LogP contribution is -2.24. The molecule has 0 saturated carbocycles. The molecular weight excluding hydrogens is 196 g/mol. The highest BCUT2D eigenvalue weighted by atomic mass is 15.1. The first kappa shape index (κ1) is 13.2. The summed E-state index contributed by atoms with van der Waals surface area (Å²) < 4.78 is 0. The summed E-state index contributed by atoms with van der Waals surface area (Å²) in [5, 5.41) is 0. The summed E-state index contributed by atoms with van der Waals surface area (Å²) in [6.45, 7) is 6.43. The number of rotatable bonds is 8. The third-order valence-electron chi connectivity index (χ3n) is 2.87. The summed E-state index contributed by atoms with van der Waals surface area (Å²) in [7, 11) is 0. The van der Waals surface area contributed by atoms with E-state index in [9.17, 15) is 0 Å². The Labute approximate surface area is 99.5 Å². The molecule has 2 N–H and O–H groups in total. The molecule has 0 aliphatic rings. The van der Waals surface area contributed by atoms with Crippen LogP contribution in [-0.4, -0.2) is 24.5 Å². The SMILES string of the molecule is CCN(CCCCCN)Cc1ccccc1. The molecule has 0 atom stereocenters. The molecule has 90 valence electrons. The van der Waals surface area contributed by atoms with E-state index in [-0.39, 0.29) is 0 Å². The minimum atomic E-state index is 0.824. The predicted molar refractivity (Wildman–Crippen MR) is 70.3 cm³/mol. The Morgan fingerprint density at radius 1 is 1.06 bits per heavy atom. The summed E-state index contributed by atoms with van der Waals surface area (Å²) in [6.07, 6.45) is 3.67. The van der Waals surface area contributed by atoms with Gasteiger partial charge in [0.2, 0.25) is 0 Å². The van der Waals surface area contributed by atoms with Crippen LogP contribution < -0.4 is 5.73 Å². The topological polar surface area (TPSA) is 29.3 Å². The smallest absolute Gasteiger partial charge is 0.0233 e. The Bertz CT molecular complexity index is 259. The lowest BCUT2D eigenvalue weighted by molar-refractivity contribution is 0.273. The van der Waals surface area contributed by atoms with Gasteiger partial charge in [-0.05, 0) is 38.0 Å². The fourth-order valence-electron chi connectivity index (χ4n) is 1.85. The molecule has 0 heterocycles. The fraction of sp³-hybridized carbons (Fsp3) is 0.571. The maximum atomic E-state index is 5.49. The molecular formula is C14H24N2. The summed E-state index contributed by atoms with van der Waals surface area (Å²) in [5.41, 5.74) is 6.89. The monoisotopic (exact) mass is 220 g/mol. The molecule has 1 rings (SSSR count). The van der Waals surface area contributed by atoms with Crippen molar-refractivity contribution in [3.8, 4) is 0 Å². The third-order valence-corrected chi connectivity index (χ3v) is 2.87. The van der Waals surface area contributed by atoms with Crippen molar-refractivity contribution in [3.05, 3.63) is 35.9 Å². The molecule has 0 aliphatic carbocycles. The summed E-state index contributed by atoms with van der Waals surface area (Å²) >= 11 is 0. The molecule has 2 heteroatoms. The Balaban J connectivity index is 2.26. The van der Waals surface area contributed by atoms with E-state index in [0.717, 1.165) is 26.1 Å². The van der Waals surface area contributed by atoms with Crippen molar-refractivity contribution in [2.24, 2.45) is 5.73 Å². The van der Waals surface area contributed by atoms with E-state index in [1.165, 1.54) is 24.9 Å². The lowest BCUT2D eigenvalue weighted by atomic mass is 10.2. The van der Waals surface area contributed by atoms with Crippen LogP contribution in [0.15, 0.2) is 30.3 Å². The fourth-order valence-corrected chi connectivity index (χ4v) is 1.85. The number of benzene rings is 1. The van der Waals surface area contributed by atoms with Crippen molar-refractivity contribution in [1.82, 2.24) is 4.90 Å². The molecule has 0 aliphatic heterocycles. The van der Waals surface area contributed by atoms with Crippen LogP contribution in [0.25, 0.3) is 0 Å². The van der Waals surface area contributed by atoms with Crippen molar-refractivity contribution in [2.75, 3.05) is 19.6 Å². The number of hydrogen-bond acceptors (Lipinski definition) is 2. The van der Waals surface area contributed by atoms with Gasteiger partial charge in [0.1, 0.15) is 0 Å². The number of hydrogen-bond donors (Lipinski definition) is 1. The van der Waals surface area contributed by atoms with Crippen LogP contribution >= 0.6 is 0 Å². The Morgan fingerprint density at radius 3 is 2.44 bits per heavy atom. The highest BCUT2D eigenvalue weighted by molar-refractivity contribution is 5.14. The molecule has 0 saturated heterocycles. The highest BCUT2D eigenvalue weighted by Gasteiger charge is 2.02. The molecule has 1 aromatic rings. The number of unbranched alkanes of at least 4 members (excludes halogenated alkanes) is 2. The van der Waals surface area contributed by atoms with Gasteiger partial charge in [-0.3, -0.25) is 4.90 Å². The molecule has 0 amide bonds. The summed E-state index contributed by atoms with van der Waals surface area (Å²) in [4.78, 5) is 2.49. The van der Waals surface area contributed by atoms with Crippen LogP contribution in [0.4, 0.5) is 0 Å². The second-order valence-corrected chi connectivity index (χ2v) is 4.20. The van der Waals surface area contributed by atoms with Gasteiger partial charge in [0.15, 0.2) is 0 Å². The van der Waals surface area contributed by atoms with E-state index in [1.807, 2.05) is 0 Å². The Kier molecular flexibility index (Phi) is 6.86. The summed E-state index contributed by atoms with van der Waals surface area (Å²) in [5.74, 6) is 0. The van der Waals surface area contributed by atoms with Gasteiger partial charge in [0.25, 0.3) is 0 Å². The average molecular weight is 220 g/mol. The first-order valence-corrected chi connectivity index (χ1v) is 6.33. The van der Waals surface area contributed by atoms with Gasteiger partial charge < -0.3 is 5.73 Å². The molecule has 1 aromatic carbocycles. The normalized spacial score (nSPS) is 10.9. The minimum absolute atomic E-state index is 0.824. The molecule has 0 unspecified atom stereocenters. The maximum absolute atomic E-state index is 5.49. The van der Waals surface area contributed by atoms with E-state index in [1.54, 1.807) is 0 Å². The maximum Gasteiger partial charge on any atom is 0.0233 e. The standard InChI is InChI=1S/C14H24N2/c1-2-16(12-8-4-7-11-15)13-14-9-5-3-6-10-14/h3,5-6,9-10H,2,4,7-8,11-13,15H2,1H3. The largest absolute Gasteiger partial charge is 0.330 e. The number of nitrogens with two attached hydrogens (primary N) is 1. The average Bonchev–Trinajstić information content (AvgIpc) is 2.34. The lowest BCUT2D eigenvalue weighted by Gasteiger charge is -2.20.